The zero-order valence-electron chi connectivity index (χ0n) is 18.4. The zero-order valence-corrected chi connectivity index (χ0v) is 19.9. The standard InChI is InChI=1S/C22H28ClN3O5S/c1-16(26(32(3,28)29)19-8-9-21(30-2)20(23)14-19)22(27)24-15-17-4-6-18(7-5-17)25-10-12-31-13-11-25/h4-9,14,16H,10-13,15H2,1-3H3,(H,24,27). The largest absolute Gasteiger partial charge is 0.495 e. The number of morpholine rings is 1. The predicted molar refractivity (Wildman–Crippen MR) is 126 cm³/mol. The summed E-state index contributed by atoms with van der Waals surface area (Å²) in [5, 5.41) is 3.08. The first-order chi connectivity index (χ1) is 15.2. The quantitative estimate of drug-likeness (QED) is 0.623. The number of nitrogens with one attached hydrogen (secondary N) is 1. The normalized spacial score (nSPS) is 15.2. The zero-order chi connectivity index (χ0) is 23.3. The van der Waals surface area contributed by atoms with Gasteiger partial charge in [-0.05, 0) is 42.8 Å². The van der Waals surface area contributed by atoms with Crippen molar-refractivity contribution in [1.29, 1.82) is 0 Å². The van der Waals surface area contributed by atoms with Crippen molar-refractivity contribution in [1.82, 2.24) is 5.32 Å². The Kier molecular flexibility index (Phi) is 7.86. The molecule has 1 aliphatic rings. The summed E-state index contributed by atoms with van der Waals surface area (Å²) in [7, 11) is -2.27. The maximum Gasteiger partial charge on any atom is 0.243 e. The van der Waals surface area contributed by atoms with E-state index in [-0.39, 0.29) is 17.3 Å². The predicted octanol–water partition coefficient (Wildman–Crippen LogP) is 2.66. The van der Waals surface area contributed by atoms with Gasteiger partial charge in [-0.2, -0.15) is 0 Å². The summed E-state index contributed by atoms with van der Waals surface area (Å²) in [4.78, 5) is 15.1. The number of methoxy groups -OCH3 is 1. The van der Waals surface area contributed by atoms with Crippen molar-refractivity contribution in [3.05, 3.63) is 53.1 Å². The molecule has 1 aliphatic heterocycles. The summed E-state index contributed by atoms with van der Waals surface area (Å²) >= 11 is 6.16. The summed E-state index contributed by atoms with van der Waals surface area (Å²) in [6.45, 7) is 4.95. The van der Waals surface area contributed by atoms with Crippen LogP contribution in [0.4, 0.5) is 11.4 Å². The van der Waals surface area contributed by atoms with Crippen LogP contribution >= 0.6 is 11.6 Å². The number of nitrogens with zero attached hydrogens (tertiary/aromatic N) is 2. The van der Waals surface area contributed by atoms with Crippen molar-refractivity contribution in [2.45, 2.75) is 19.5 Å². The minimum atomic E-state index is -3.74. The second-order valence-corrected chi connectivity index (χ2v) is 9.80. The van der Waals surface area contributed by atoms with Gasteiger partial charge < -0.3 is 19.7 Å². The van der Waals surface area contributed by atoms with Gasteiger partial charge in [-0.15, -0.1) is 0 Å². The van der Waals surface area contributed by atoms with Crippen LogP contribution in [0.15, 0.2) is 42.5 Å². The van der Waals surface area contributed by atoms with Crippen LogP contribution in [0.2, 0.25) is 5.02 Å². The molecule has 1 unspecified atom stereocenters. The van der Waals surface area contributed by atoms with Crippen molar-refractivity contribution >= 4 is 38.9 Å². The van der Waals surface area contributed by atoms with Crippen molar-refractivity contribution < 1.29 is 22.7 Å². The number of ether oxygens (including phenoxy) is 2. The van der Waals surface area contributed by atoms with Gasteiger partial charge in [0, 0.05) is 25.3 Å². The lowest BCUT2D eigenvalue weighted by Crippen LogP contribution is -2.47. The van der Waals surface area contributed by atoms with E-state index in [1.807, 2.05) is 24.3 Å². The van der Waals surface area contributed by atoms with E-state index in [9.17, 15) is 13.2 Å². The lowest BCUT2D eigenvalue weighted by molar-refractivity contribution is -0.122. The average molecular weight is 482 g/mol. The van der Waals surface area contributed by atoms with Crippen LogP contribution in [0.5, 0.6) is 5.75 Å². The fourth-order valence-corrected chi connectivity index (χ4v) is 5.00. The van der Waals surface area contributed by atoms with Gasteiger partial charge in [0.1, 0.15) is 11.8 Å². The highest BCUT2D eigenvalue weighted by Gasteiger charge is 2.29. The van der Waals surface area contributed by atoms with Crippen molar-refractivity contribution in [2.75, 3.05) is 48.9 Å². The number of hydrogen-bond donors (Lipinski definition) is 1. The Hall–Kier alpha value is -2.49. The van der Waals surface area contributed by atoms with Gasteiger partial charge in [-0.1, -0.05) is 23.7 Å². The van der Waals surface area contributed by atoms with Crippen LogP contribution in [0, 0.1) is 0 Å². The molecular weight excluding hydrogens is 454 g/mol. The molecule has 8 nitrogen and oxygen atoms in total. The fourth-order valence-electron chi connectivity index (χ4n) is 3.58. The SMILES string of the molecule is COc1ccc(N(C(C)C(=O)NCc2ccc(N3CCOCC3)cc2)S(C)(=O)=O)cc1Cl. The summed E-state index contributed by atoms with van der Waals surface area (Å²) in [5.41, 5.74) is 2.31. The van der Waals surface area contributed by atoms with E-state index in [1.165, 1.54) is 20.1 Å². The first-order valence-electron chi connectivity index (χ1n) is 10.2. The highest BCUT2D eigenvalue weighted by atomic mass is 35.5. The van der Waals surface area contributed by atoms with E-state index in [4.69, 9.17) is 21.1 Å². The molecule has 174 valence electrons. The summed E-state index contributed by atoms with van der Waals surface area (Å²) in [5.74, 6) is 0.00104. The van der Waals surface area contributed by atoms with Gasteiger partial charge in [-0.3, -0.25) is 9.10 Å². The van der Waals surface area contributed by atoms with Crippen LogP contribution in [-0.4, -0.2) is 60.0 Å². The van der Waals surface area contributed by atoms with E-state index < -0.39 is 22.0 Å². The highest BCUT2D eigenvalue weighted by Crippen LogP contribution is 2.31. The van der Waals surface area contributed by atoms with Crippen molar-refractivity contribution in [2.24, 2.45) is 0 Å². The lowest BCUT2D eigenvalue weighted by Gasteiger charge is -2.29. The van der Waals surface area contributed by atoms with E-state index in [0.29, 0.717) is 19.0 Å². The topological polar surface area (TPSA) is 88.2 Å². The Balaban J connectivity index is 1.68. The molecule has 1 amide bonds. The molecule has 1 saturated heterocycles. The van der Waals surface area contributed by atoms with Gasteiger partial charge in [0.2, 0.25) is 15.9 Å². The Labute approximate surface area is 194 Å². The lowest BCUT2D eigenvalue weighted by atomic mass is 10.1. The van der Waals surface area contributed by atoms with Crippen LogP contribution in [0.1, 0.15) is 12.5 Å². The molecule has 2 aromatic carbocycles. The fraction of sp³-hybridized carbons (Fsp3) is 0.409. The third-order valence-corrected chi connectivity index (χ3v) is 6.79. The molecule has 10 heteroatoms. The first-order valence-corrected chi connectivity index (χ1v) is 12.5. The van der Waals surface area contributed by atoms with Gasteiger partial charge in [0.15, 0.2) is 0 Å². The molecule has 32 heavy (non-hydrogen) atoms. The van der Waals surface area contributed by atoms with E-state index >= 15 is 0 Å². The molecule has 0 aromatic heterocycles. The number of rotatable bonds is 8. The average Bonchev–Trinajstić information content (AvgIpc) is 2.77. The molecular formula is C22H28ClN3O5S. The number of halogens is 1. The molecule has 0 aliphatic carbocycles. The molecule has 1 N–H and O–H groups in total. The Morgan fingerprint density at radius 1 is 1.22 bits per heavy atom. The molecule has 0 radical (unpaired) electrons. The second-order valence-electron chi connectivity index (χ2n) is 7.54. The van der Waals surface area contributed by atoms with Gasteiger partial charge >= 0.3 is 0 Å². The Bertz CT molecular complexity index is 1040. The summed E-state index contributed by atoms with van der Waals surface area (Å²) in [6.07, 6.45) is 1.05. The highest BCUT2D eigenvalue weighted by molar-refractivity contribution is 7.92. The molecule has 0 saturated carbocycles. The minimum Gasteiger partial charge on any atom is -0.495 e. The smallest absolute Gasteiger partial charge is 0.243 e. The first kappa shape index (κ1) is 24.2. The van der Waals surface area contributed by atoms with E-state index in [0.717, 1.165) is 34.9 Å². The van der Waals surface area contributed by atoms with Crippen LogP contribution in [-0.2, 0) is 26.1 Å². The number of hydrogen-bond acceptors (Lipinski definition) is 6. The maximum atomic E-state index is 12.8. The van der Waals surface area contributed by atoms with Gasteiger partial charge in [0.05, 0.1) is 37.3 Å². The number of anilines is 2. The molecule has 1 atom stereocenters. The molecule has 0 spiro atoms. The Morgan fingerprint density at radius 2 is 1.88 bits per heavy atom. The van der Waals surface area contributed by atoms with Gasteiger partial charge in [-0.25, -0.2) is 8.42 Å². The molecule has 3 rings (SSSR count). The van der Waals surface area contributed by atoms with Gasteiger partial charge in [0.25, 0.3) is 0 Å². The summed E-state index contributed by atoms with van der Waals surface area (Å²) in [6, 6.07) is 11.5. The molecule has 1 heterocycles. The Morgan fingerprint density at radius 3 is 2.44 bits per heavy atom. The number of benzene rings is 2. The van der Waals surface area contributed by atoms with Crippen LogP contribution in [0.25, 0.3) is 0 Å². The second kappa shape index (κ2) is 10.4. The molecule has 1 fully saturated rings. The third kappa shape index (κ3) is 5.85. The van der Waals surface area contributed by atoms with Crippen LogP contribution in [0.3, 0.4) is 0 Å². The molecule has 2 aromatic rings. The maximum absolute atomic E-state index is 12.8. The van der Waals surface area contributed by atoms with Crippen LogP contribution < -0.4 is 19.3 Å². The third-order valence-electron chi connectivity index (χ3n) is 5.26. The number of sulfonamides is 1. The number of amides is 1. The van der Waals surface area contributed by atoms with E-state index in [1.54, 1.807) is 12.1 Å². The summed E-state index contributed by atoms with van der Waals surface area (Å²) < 4.78 is 36.5. The molecule has 0 bridgehead atoms. The number of carbonyl (C=O) groups is 1. The minimum absolute atomic E-state index is 0.256. The van der Waals surface area contributed by atoms with Crippen molar-refractivity contribution in [3.8, 4) is 5.75 Å². The van der Waals surface area contributed by atoms with E-state index in [2.05, 4.69) is 10.2 Å². The van der Waals surface area contributed by atoms with Crippen molar-refractivity contribution in [3.63, 3.8) is 0 Å². The number of carbonyl (C=O) groups excluding carboxylic acids is 1. The monoisotopic (exact) mass is 481 g/mol.